The van der Waals surface area contributed by atoms with Gasteiger partial charge in [-0.25, -0.2) is 14.3 Å². The van der Waals surface area contributed by atoms with Gasteiger partial charge in [-0.2, -0.15) is 0 Å². The van der Waals surface area contributed by atoms with Crippen LogP contribution in [0.2, 0.25) is 5.02 Å². The second-order valence-electron chi connectivity index (χ2n) is 10.4. The van der Waals surface area contributed by atoms with Gasteiger partial charge in [0, 0.05) is 23.8 Å². The number of ether oxygens (including phenoxy) is 2. The van der Waals surface area contributed by atoms with Crippen LogP contribution in [-0.4, -0.2) is 41.8 Å². The molecular weight excluding hydrogens is 600 g/mol. The number of fused-ring (bicyclic) bond motifs is 1. The smallest absolute Gasteiger partial charge is 0.259 e. The number of pyridine rings is 1. The third kappa shape index (κ3) is 7.10. The summed E-state index contributed by atoms with van der Waals surface area (Å²) in [5.74, 6) is 0.0432. The highest BCUT2D eigenvalue weighted by atomic mass is 35.5. The molecule has 1 aliphatic rings. The Morgan fingerprint density at radius 2 is 1.82 bits per heavy atom. The maximum Gasteiger partial charge on any atom is 0.259 e. The first kappa shape index (κ1) is 31.2. The van der Waals surface area contributed by atoms with E-state index < -0.39 is 15.8 Å². The van der Waals surface area contributed by atoms with Gasteiger partial charge in [0.05, 0.1) is 31.1 Å². The molecule has 0 radical (unpaired) electrons. The van der Waals surface area contributed by atoms with Gasteiger partial charge in [-0.3, -0.25) is 9.59 Å². The lowest BCUT2D eigenvalue weighted by molar-refractivity contribution is -0.117. The number of aryl methyl sites for hydroxylation is 1. The number of benzene rings is 3. The number of halogens is 1. The minimum atomic E-state index is -3.48. The standard InChI is InChI=1S/C33H33ClN4O5S/c1-42-30-13-9-24(34)19-29(30)33(40)37-16-14-21-6-10-25(11-7-21)44(35,41)38-31(39)20-28-26-5-3-4-22(26)8-12-27(28)23-15-17-36-32(18-23)43-2/h6-13,15,17-19H,3-5,14,16,20H2,1-2H3,(H,37,40)(H2,35,38,39,41). The average molecular weight is 633 g/mol. The zero-order chi connectivity index (χ0) is 31.3. The van der Waals surface area contributed by atoms with Crippen molar-refractivity contribution >= 4 is 33.3 Å². The summed E-state index contributed by atoms with van der Waals surface area (Å²) < 4.78 is 27.9. The van der Waals surface area contributed by atoms with Crippen molar-refractivity contribution < 1.29 is 23.3 Å². The van der Waals surface area contributed by atoms with E-state index in [1.54, 1.807) is 55.8 Å². The van der Waals surface area contributed by atoms with E-state index in [-0.39, 0.29) is 17.2 Å². The number of nitrogens with one attached hydrogen (secondary N) is 1. The molecule has 3 aromatic carbocycles. The van der Waals surface area contributed by atoms with Crippen molar-refractivity contribution in [2.24, 2.45) is 9.50 Å². The van der Waals surface area contributed by atoms with Crippen molar-refractivity contribution in [1.29, 1.82) is 0 Å². The minimum absolute atomic E-state index is 0.0213. The molecule has 2 amide bonds. The molecule has 5 rings (SSSR count). The second-order valence-corrected chi connectivity index (χ2v) is 12.6. The summed E-state index contributed by atoms with van der Waals surface area (Å²) in [5.41, 5.74) is 6.21. The van der Waals surface area contributed by atoms with E-state index in [4.69, 9.17) is 26.2 Å². The van der Waals surface area contributed by atoms with Gasteiger partial charge in [-0.15, -0.1) is 4.36 Å². The number of hydrogen-bond acceptors (Lipinski definition) is 6. The molecule has 3 N–H and O–H groups in total. The number of amides is 2. The van der Waals surface area contributed by atoms with Crippen LogP contribution in [0, 0.1) is 0 Å². The van der Waals surface area contributed by atoms with Crippen LogP contribution in [0.25, 0.3) is 11.1 Å². The van der Waals surface area contributed by atoms with Crippen LogP contribution in [0.5, 0.6) is 11.6 Å². The summed E-state index contributed by atoms with van der Waals surface area (Å²) in [5, 5.41) is 9.41. The third-order valence-electron chi connectivity index (χ3n) is 7.59. The van der Waals surface area contributed by atoms with E-state index in [1.165, 1.54) is 12.7 Å². The molecule has 0 fully saturated rings. The van der Waals surface area contributed by atoms with Gasteiger partial charge in [0.25, 0.3) is 11.8 Å². The normalized spacial score (nSPS) is 13.5. The fourth-order valence-electron chi connectivity index (χ4n) is 5.42. The summed E-state index contributed by atoms with van der Waals surface area (Å²) in [6.07, 6.45) is 4.98. The molecule has 1 atom stereocenters. The molecule has 1 aromatic heterocycles. The molecule has 0 saturated heterocycles. The Labute approximate surface area is 262 Å². The van der Waals surface area contributed by atoms with Gasteiger partial charge in [-0.05, 0) is 95.5 Å². The number of methoxy groups -OCH3 is 2. The Morgan fingerprint density at radius 1 is 1.02 bits per heavy atom. The number of hydrogen-bond donors (Lipinski definition) is 2. The summed E-state index contributed by atoms with van der Waals surface area (Å²) in [6, 6.07) is 19.4. The van der Waals surface area contributed by atoms with E-state index in [1.807, 2.05) is 18.2 Å². The summed E-state index contributed by atoms with van der Waals surface area (Å²) >= 11 is 6.03. The molecule has 0 aliphatic heterocycles. The Bertz CT molecular complexity index is 1830. The molecule has 228 valence electrons. The largest absolute Gasteiger partial charge is 0.496 e. The van der Waals surface area contributed by atoms with Crippen molar-refractivity contribution in [3.63, 3.8) is 0 Å². The maximum atomic E-state index is 13.4. The molecule has 9 nitrogen and oxygen atoms in total. The van der Waals surface area contributed by atoms with Crippen LogP contribution >= 0.6 is 11.6 Å². The van der Waals surface area contributed by atoms with E-state index in [0.717, 1.165) is 47.1 Å². The lowest BCUT2D eigenvalue weighted by Crippen LogP contribution is -2.26. The fraction of sp³-hybridized carbons (Fsp3) is 0.242. The molecule has 4 aromatic rings. The van der Waals surface area contributed by atoms with E-state index in [9.17, 15) is 13.8 Å². The third-order valence-corrected chi connectivity index (χ3v) is 9.25. The SMILES string of the molecule is COc1cc(-c2ccc3c(c2CC(=O)N=S(N)(=O)c2ccc(CCNC(=O)c4cc(Cl)ccc4OC)cc2)CCC3)ccn1. The van der Waals surface area contributed by atoms with Crippen molar-refractivity contribution in [2.75, 3.05) is 20.8 Å². The highest BCUT2D eigenvalue weighted by Crippen LogP contribution is 2.35. The van der Waals surface area contributed by atoms with Gasteiger partial charge >= 0.3 is 0 Å². The zero-order valence-electron chi connectivity index (χ0n) is 24.5. The van der Waals surface area contributed by atoms with Crippen molar-refractivity contribution in [1.82, 2.24) is 10.3 Å². The molecular formula is C33H33ClN4O5S. The fourth-order valence-corrected chi connectivity index (χ4v) is 6.59. The number of carbonyl (C=O) groups excluding carboxylic acids is 2. The first-order chi connectivity index (χ1) is 21.2. The Kier molecular flexibility index (Phi) is 9.63. The van der Waals surface area contributed by atoms with E-state index >= 15 is 0 Å². The number of nitrogens with zero attached hydrogens (tertiary/aromatic N) is 2. The first-order valence-electron chi connectivity index (χ1n) is 14.1. The van der Waals surface area contributed by atoms with E-state index in [2.05, 4.69) is 20.7 Å². The number of carbonyl (C=O) groups is 2. The lowest BCUT2D eigenvalue weighted by atomic mass is 9.91. The quantitative estimate of drug-likeness (QED) is 0.242. The lowest BCUT2D eigenvalue weighted by Gasteiger charge is -2.15. The van der Waals surface area contributed by atoms with Crippen LogP contribution in [0.3, 0.4) is 0 Å². The van der Waals surface area contributed by atoms with E-state index in [0.29, 0.717) is 35.2 Å². The molecule has 0 spiro atoms. The van der Waals surface area contributed by atoms with Crippen LogP contribution in [0.1, 0.15) is 39.0 Å². The Balaban J connectivity index is 1.28. The van der Waals surface area contributed by atoms with Crippen LogP contribution in [0.15, 0.2) is 82.2 Å². The molecule has 11 heteroatoms. The van der Waals surface area contributed by atoms with Crippen molar-refractivity contribution in [2.45, 2.75) is 37.0 Å². The van der Waals surface area contributed by atoms with Gasteiger partial charge < -0.3 is 14.8 Å². The molecule has 0 saturated carbocycles. The predicted molar refractivity (Wildman–Crippen MR) is 170 cm³/mol. The molecule has 1 heterocycles. The van der Waals surface area contributed by atoms with Crippen LogP contribution in [0.4, 0.5) is 0 Å². The van der Waals surface area contributed by atoms with Crippen LogP contribution < -0.4 is 19.9 Å². The summed E-state index contributed by atoms with van der Waals surface area (Å²) in [4.78, 5) is 30.3. The Morgan fingerprint density at radius 3 is 2.57 bits per heavy atom. The van der Waals surface area contributed by atoms with Crippen LogP contribution in [-0.2, 0) is 40.4 Å². The monoisotopic (exact) mass is 632 g/mol. The highest BCUT2D eigenvalue weighted by molar-refractivity contribution is 7.91. The zero-order valence-corrected chi connectivity index (χ0v) is 26.0. The number of aromatic nitrogens is 1. The maximum absolute atomic E-state index is 13.4. The van der Waals surface area contributed by atoms with Crippen molar-refractivity contribution in [3.8, 4) is 22.8 Å². The van der Waals surface area contributed by atoms with Gasteiger partial charge in [0.15, 0.2) is 0 Å². The van der Waals surface area contributed by atoms with Gasteiger partial charge in [0.2, 0.25) is 5.88 Å². The van der Waals surface area contributed by atoms with Gasteiger partial charge in [-0.1, -0.05) is 35.9 Å². The van der Waals surface area contributed by atoms with Crippen molar-refractivity contribution in [3.05, 3.63) is 106 Å². The minimum Gasteiger partial charge on any atom is -0.496 e. The number of rotatable bonds is 10. The summed E-state index contributed by atoms with van der Waals surface area (Å²) in [7, 11) is -0.437. The molecule has 1 unspecified atom stereocenters. The molecule has 44 heavy (non-hydrogen) atoms. The number of nitrogens with two attached hydrogens (primary N) is 1. The average Bonchev–Trinajstić information content (AvgIpc) is 3.51. The highest BCUT2D eigenvalue weighted by Gasteiger charge is 2.22. The second kappa shape index (κ2) is 13.6. The topological polar surface area (TPSA) is 133 Å². The van der Waals surface area contributed by atoms with Gasteiger partial charge in [0.1, 0.15) is 15.7 Å². The molecule has 1 aliphatic carbocycles. The first-order valence-corrected chi connectivity index (χ1v) is 16.1. The Hall–Kier alpha value is -4.25. The predicted octanol–water partition coefficient (Wildman–Crippen LogP) is 5.35. The summed E-state index contributed by atoms with van der Waals surface area (Å²) in [6.45, 7) is 0.349. The molecule has 0 bridgehead atoms.